The topological polar surface area (TPSA) is 100 Å². The van der Waals surface area contributed by atoms with Gasteiger partial charge in [-0.1, -0.05) is 12.1 Å². The van der Waals surface area contributed by atoms with Gasteiger partial charge in [0.15, 0.2) is 0 Å². The van der Waals surface area contributed by atoms with Gasteiger partial charge in [-0.3, -0.25) is 9.52 Å². The molecule has 152 valence electrons. The molecule has 9 heteroatoms. The SMILES string of the molecule is Cc1cc(C)n(-c2ccccc2NS(=O)(=O)c2c[nH]c(C(=O)N3CCCC3)c2)n1. The Morgan fingerprint density at radius 2 is 1.86 bits per heavy atom. The van der Waals surface area contributed by atoms with Crippen molar-refractivity contribution in [1.82, 2.24) is 19.7 Å². The molecule has 3 heterocycles. The van der Waals surface area contributed by atoms with Gasteiger partial charge in [0.2, 0.25) is 0 Å². The number of hydrogen-bond acceptors (Lipinski definition) is 4. The highest BCUT2D eigenvalue weighted by molar-refractivity contribution is 7.92. The van der Waals surface area contributed by atoms with Crippen molar-refractivity contribution in [3.05, 3.63) is 59.7 Å². The van der Waals surface area contributed by atoms with Gasteiger partial charge in [0.05, 0.1) is 17.1 Å². The highest BCUT2D eigenvalue weighted by atomic mass is 32.2. The van der Waals surface area contributed by atoms with E-state index in [1.54, 1.807) is 27.8 Å². The van der Waals surface area contributed by atoms with E-state index in [4.69, 9.17) is 0 Å². The third-order valence-corrected chi connectivity index (χ3v) is 6.32. The van der Waals surface area contributed by atoms with Crippen molar-refractivity contribution in [2.24, 2.45) is 0 Å². The number of nitrogens with one attached hydrogen (secondary N) is 2. The van der Waals surface area contributed by atoms with E-state index in [-0.39, 0.29) is 16.5 Å². The quantitative estimate of drug-likeness (QED) is 0.672. The number of likely N-dealkylation sites (tertiary alicyclic amines) is 1. The van der Waals surface area contributed by atoms with Gasteiger partial charge in [0.25, 0.3) is 15.9 Å². The standard InChI is InChI=1S/C20H23N5O3S/c1-14-11-15(2)25(22-14)19-8-4-3-7-17(19)23-29(27,28)16-12-18(21-13-16)20(26)24-9-5-6-10-24/h3-4,7-8,11-13,21,23H,5-6,9-10H2,1-2H3. The van der Waals surface area contributed by atoms with Crippen LogP contribution < -0.4 is 4.72 Å². The summed E-state index contributed by atoms with van der Waals surface area (Å²) in [4.78, 5) is 17.0. The second-order valence-corrected chi connectivity index (χ2v) is 8.89. The fraction of sp³-hybridized carbons (Fsp3) is 0.300. The first-order valence-corrected chi connectivity index (χ1v) is 11.0. The molecule has 0 atom stereocenters. The average molecular weight is 414 g/mol. The maximum absolute atomic E-state index is 12.9. The fourth-order valence-corrected chi connectivity index (χ4v) is 4.63. The number of aromatic amines is 1. The monoisotopic (exact) mass is 413 g/mol. The Labute approximate surface area is 169 Å². The average Bonchev–Trinajstić information content (AvgIpc) is 3.42. The molecule has 2 N–H and O–H groups in total. The van der Waals surface area contributed by atoms with E-state index >= 15 is 0 Å². The number of hydrogen-bond donors (Lipinski definition) is 2. The molecule has 1 aliphatic rings. The first-order valence-electron chi connectivity index (χ1n) is 9.48. The molecule has 0 radical (unpaired) electrons. The number of H-pyrrole nitrogens is 1. The second-order valence-electron chi connectivity index (χ2n) is 7.21. The molecule has 29 heavy (non-hydrogen) atoms. The molecule has 0 saturated carbocycles. The molecule has 2 aromatic heterocycles. The molecule has 1 amide bonds. The molecule has 0 aliphatic carbocycles. The van der Waals surface area contributed by atoms with Crippen LogP contribution in [0.3, 0.4) is 0 Å². The van der Waals surface area contributed by atoms with Gasteiger partial charge < -0.3 is 9.88 Å². The molecule has 8 nitrogen and oxygen atoms in total. The second kappa shape index (κ2) is 7.40. The van der Waals surface area contributed by atoms with E-state index in [1.807, 2.05) is 26.0 Å². The smallest absolute Gasteiger partial charge is 0.270 e. The number of rotatable bonds is 5. The largest absolute Gasteiger partial charge is 0.356 e. The van der Waals surface area contributed by atoms with Gasteiger partial charge in [-0.25, -0.2) is 13.1 Å². The normalized spacial score (nSPS) is 14.3. The van der Waals surface area contributed by atoms with Crippen LogP contribution in [0.1, 0.15) is 34.7 Å². The van der Waals surface area contributed by atoms with Crippen molar-refractivity contribution < 1.29 is 13.2 Å². The lowest BCUT2D eigenvalue weighted by Crippen LogP contribution is -2.27. The number of para-hydroxylation sites is 2. The molecule has 1 fully saturated rings. The van der Waals surface area contributed by atoms with E-state index in [2.05, 4.69) is 14.8 Å². The van der Waals surface area contributed by atoms with Crippen LogP contribution in [-0.4, -0.2) is 47.1 Å². The Morgan fingerprint density at radius 1 is 1.14 bits per heavy atom. The van der Waals surface area contributed by atoms with Crippen LogP contribution >= 0.6 is 0 Å². The van der Waals surface area contributed by atoms with Gasteiger partial charge in [0.1, 0.15) is 10.6 Å². The number of anilines is 1. The number of sulfonamides is 1. The van der Waals surface area contributed by atoms with Gasteiger partial charge in [-0.2, -0.15) is 5.10 Å². The Bertz CT molecular complexity index is 1160. The number of nitrogens with zero attached hydrogens (tertiary/aromatic N) is 3. The summed E-state index contributed by atoms with van der Waals surface area (Å²) in [6, 6.07) is 10.4. The Balaban J connectivity index is 1.62. The van der Waals surface area contributed by atoms with E-state index in [0.29, 0.717) is 24.5 Å². The molecule has 0 bridgehead atoms. The minimum atomic E-state index is -3.88. The minimum absolute atomic E-state index is 0.0169. The van der Waals surface area contributed by atoms with Crippen molar-refractivity contribution in [1.29, 1.82) is 0 Å². The lowest BCUT2D eigenvalue weighted by molar-refractivity contribution is 0.0787. The van der Waals surface area contributed by atoms with Crippen molar-refractivity contribution >= 4 is 21.6 Å². The molecule has 0 unspecified atom stereocenters. The van der Waals surface area contributed by atoms with E-state index < -0.39 is 10.0 Å². The van der Waals surface area contributed by atoms with Gasteiger partial charge in [0, 0.05) is 25.0 Å². The molecule has 3 aromatic rings. The van der Waals surface area contributed by atoms with Crippen LogP contribution in [0.4, 0.5) is 5.69 Å². The van der Waals surface area contributed by atoms with E-state index in [9.17, 15) is 13.2 Å². The summed E-state index contributed by atoms with van der Waals surface area (Å²) in [5.74, 6) is -0.174. The van der Waals surface area contributed by atoms with Crippen molar-refractivity contribution in [2.45, 2.75) is 31.6 Å². The highest BCUT2D eigenvalue weighted by Gasteiger charge is 2.24. The Hall–Kier alpha value is -3.07. The van der Waals surface area contributed by atoms with Crippen molar-refractivity contribution in [2.75, 3.05) is 17.8 Å². The zero-order chi connectivity index (χ0) is 20.6. The summed E-state index contributed by atoms with van der Waals surface area (Å²) in [5.41, 5.74) is 3.06. The zero-order valence-corrected chi connectivity index (χ0v) is 17.2. The lowest BCUT2D eigenvalue weighted by atomic mass is 10.2. The zero-order valence-electron chi connectivity index (χ0n) is 16.3. The molecular formula is C20H23N5O3S. The van der Waals surface area contributed by atoms with E-state index in [0.717, 1.165) is 24.2 Å². The molecule has 1 aromatic carbocycles. The minimum Gasteiger partial charge on any atom is -0.356 e. The van der Waals surface area contributed by atoms with Crippen LogP contribution in [0.5, 0.6) is 0 Å². The number of benzene rings is 1. The number of aromatic nitrogens is 3. The van der Waals surface area contributed by atoms with Gasteiger partial charge in [-0.05, 0) is 51.0 Å². The number of carbonyl (C=O) groups is 1. The Kier molecular flexibility index (Phi) is 4.91. The number of amides is 1. The highest BCUT2D eigenvalue weighted by Crippen LogP contribution is 2.25. The Morgan fingerprint density at radius 3 is 2.55 bits per heavy atom. The van der Waals surface area contributed by atoms with Crippen molar-refractivity contribution in [3.63, 3.8) is 0 Å². The maximum atomic E-state index is 12.9. The lowest BCUT2D eigenvalue weighted by Gasteiger charge is -2.14. The summed E-state index contributed by atoms with van der Waals surface area (Å²) in [6.07, 6.45) is 3.29. The van der Waals surface area contributed by atoms with Crippen LogP contribution in [-0.2, 0) is 10.0 Å². The number of carbonyl (C=O) groups excluding carboxylic acids is 1. The van der Waals surface area contributed by atoms with Gasteiger partial charge in [-0.15, -0.1) is 0 Å². The fourth-order valence-electron chi connectivity index (χ4n) is 3.56. The van der Waals surface area contributed by atoms with Gasteiger partial charge >= 0.3 is 0 Å². The third kappa shape index (κ3) is 3.77. The first-order chi connectivity index (χ1) is 13.8. The molecule has 1 aliphatic heterocycles. The van der Waals surface area contributed by atoms with Crippen molar-refractivity contribution in [3.8, 4) is 5.69 Å². The summed E-state index contributed by atoms with van der Waals surface area (Å²) in [5, 5.41) is 4.44. The summed E-state index contributed by atoms with van der Waals surface area (Å²) in [7, 11) is -3.88. The predicted octanol–water partition coefficient (Wildman–Crippen LogP) is 2.85. The van der Waals surface area contributed by atoms with Crippen LogP contribution in [0.2, 0.25) is 0 Å². The summed E-state index contributed by atoms with van der Waals surface area (Å²) in [6.45, 7) is 5.20. The van der Waals surface area contributed by atoms with Crippen LogP contribution in [0, 0.1) is 13.8 Å². The van der Waals surface area contributed by atoms with Crippen LogP contribution in [0.25, 0.3) is 5.69 Å². The summed E-state index contributed by atoms with van der Waals surface area (Å²) < 4.78 is 30.2. The number of aryl methyl sites for hydroxylation is 2. The third-order valence-electron chi connectivity index (χ3n) is 4.98. The first kappa shape index (κ1) is 19.3. The van der Waals surface area contributed by atoms with Crippen LogP contribution in [0.15, 0.2) is 47.5 Å². The predicted molar refractivity (Wildman–Crippen MR) is 110 cm³/mol. The molecule has 0 spiro atoms. The van der Waals surface area contributed by atoms with E-state index in [1.165, 1.54) is 12.3 Å². The molecule has 4 rings (SSSR count). The maximum Gasteiger partial charge on any atom is 0.270 e. The molecular weight excluding hydrogens is 390 g/mol. The summed E-state index contributed by atoms with van der Waals surface area (Å²) >= 11 is 0. The molecule has 1 saturated heterocycles.